The summed E-state index contributed by atoms with van der Waals surface area (Å²) in [4.78, 5) is 17.5. The van der Waals surface area contributed by atoms with Crippen LogP contribution in [0.2, 0.25) is 0 Å². The highest BCUT2D eigenvalue weighted by Crippen LogP contribution is 2.30. The van der Waals surface area contributed by atoms with Gasteiger partial charge in [0.15, 0.2) is 5.76 Å². The third-order valence-electron chi connectivity index (χ3n) is 5.73. The number of amides is 1. The van der Waals surface area contributed by atoms with Gasteiger partial charge in [-0.3, -0.25) is 9.69 Å². The fraction of sp³-hybridized carbons (Fsp3) is 0.550. The highest BCUT2D eigenvalue weighted by atomic mass is 16.5. The first kappa shape index (κ1) is 16.6. The van der Waals surface area contributed by atoms with Crippen molar-refractivity contribution < 1.29 is 13.9 Å². The van der Waals surface area contributed by atoms with E-state index in [0.717, 1.165) is 61.5 Å². The Kier molecular flexibility index (Phi) is 4.29. The summed E-state index contributed by atoms with van der Waals surface area (Å²) in [6.45, 7) is 11.3. The third kappa shape index (κ3) is 2.85. The number of carbonyl (C=O) groups excluding carboxylic acids is 1. The van der Waals surface area contributed by atoms with Crippen LogP contribution < -0.4 is 0 Å². The lowest BCUT2D eigenvalue weighted by Crippen LogP contribution is -2.47. The van der Waals surface area contributed by atoms with Crippen molar-refractivity contribution in [3.05, 3.63) is 35.1 Å². The third-order valence-corrected chi connectivity index (χ3v) is 5.73. The number of hydrogen-bond donors (Lipinski definition) is 0. The molecule has 1 aromatic carbocycles. The summed E-state index contributed by atoms with van der Waals surface area (Å²) >= 11 is 0. The van der Waals surface area contributed by atoms with Gasteiger partial charge in [-0.15, -0.1) is 0 Å². The Morgan fingerprint density at radius 3 is 2.64 bits per heavy atom. The number of aryl methyl sites for hydroxylation is 2. The maximum atomic E-state index is 13.1. The Balaban J connectivity index is 1.57. The molecule has 0 radical (unpaired) electrons. The van der Waals surface area contributed by atoms with Crippen LogP contribution in [-0.2, 0) is 4.74 Å². The van der Waals surface area contributed by atoms with Crippen molar-refractivity contribution in [2.45, 2.75) is 26.8 Å². The number of ether oxygens (including phenoxy) is 1. The van der Waals surface area contributed by atoms with Gasteiger partial charge in [0.1, 0.15) is 5.58 Å². The molecular weight excluding hydrogens is 316 g/mol. The van der Waals surface area contributed by atoms with Crippen molar-refractivity contribution in [3.8, 4) is 0 Å². The van der Waals surface area contributed by atoms with Gasteiger partial charge in [0.05, 0.1) is 13.2 Å². The number of fused-ring (bicyclic) bond motifs is 1. The van der Waals surface area contributed by atoms with Crippen LogP contribution in [0.1, 0.15) is 28.6 Å². The van der Waals surface area contributed by atoms with Crippen LogP contribution in [0.3, 0.4) is 0 Å². The molecule has 5 heteroatoms. The van der Waals surface area contributed by atoms with Gasteiger partial charge in [0.2, 0.25) is 0 Å². The van der Waals surface area contributed by atoms with Crippen LogP contribution in [-0.4, -0.2) is 61.1 Å². The monoisotopic (exact) mass is 342 g/mol. The molecule has 3 heterocycles. The SMILES string of the molecule is Cc1c(C(=O)N2C[C@H](C)[C@@H](N3CCOCC3)C2)oc2c(C)cccc12. The van der Waals surface area contributed by atoms with Gasteiger partial charge in [-0.05, 0) is 25.3 Å². The first-order valence-corrected chi connectivity index (χ1v) is 9.16. The Morgan fingerprint density at radius 2 is 1.92 bits per heavy atom. The Bertz CT molecular complexity index is 792. The topological polar surface area (TPSA) is 45.9 Å². The second kappa shape index (κ2) is 6.46. The van der Waals surface area contributed by atoms with Crippen LogP contribution >= 0.6 is 0 Å². The van der Waals surface area contributed by atoms with Crippen LogP contribution in [0.5, 0.6) is 0 Å². The minimum absolute atomic E-state index is 0.0238. The van der Waals surface area contributed by atoms with Crippen LogP contribution in [0.25, 0.3) is 11.0 Å². The van der Waals surface area contributed by atoms with E-state index in [1.54, 1.807) is 0 Å². The number of nitrogens with zero attached hydrogens (tertiary/aromatic N) is 2. The molecule has 0 N–H and O–H groups in total. The van der Waals surface area contributed by atoms with E-state index >= 15 is 0 Å². The van der Waals surface area contributed by atoms with Crippen LogP contribution in [0.4, 0.5) is 0 Å². The van der Waals surface area contributed by atoms with E-state index in [-0.39, 0.29) is 5.91 Å². The molecule has 2 aliphatic heterocycles. The van der Waals surface area contributed by atoms with Crippen LogP contribution in [0.15, 0.2) is 22.6 Å². The van der Waals surface area contributed by atoms with E-state index in [1.807, 2.05) is 36.9 Å². The molecule has 0 unspecified atom stereocenters. The molecular formula is C20H26N2O3. The second-order valence-corrected chi connectivity index (χ2v) is 7.41. The molecule has 2 aliphatic rings. The molecule has 5 nitrogen and oxygen atoms in total. The van der Waals surface area contributed by atoms with E-state index < -0.39 is 0 Å². The number of rotatable bonds is 2. The summed E-state index contributed by atoms with van der Waals surface area (Å²) in [5, 5.41) is 1.04. The van der Waals surface area contributed by atoms with E-state index in [1.165, 1.54) is 0 Å². The minimum atomic E-state index is 0.0238. The second-order valence-electron chi connectivity index (χ2n) is 7.41. The summed E-state index contributed by atoms with van der Waals surface area (Å²) in [5.74, 6) is 0.989. The molecule has 2 atom stereocenters. The number of likely N-dealkylation sites (tertiary alicyclic amines) is 1. The van der Waals surface area contributed by atoms with E-state index in [9.17, 15) is 4.79 Å². The number of carbonyl (C=O) groups is 1. The Morgan fingerprint density at radius 1 is 1.16 bits per heavy atom. The van der Waals surface area contributed by atoms with Gasteiger partial charge in [-0.2, -0.15) is 0 Å². The number of hydrogen-bond acceptors (Lipinski definition) is 4. The molecule has 134 valence electrons. The number of benzene rings is 1. The van der Waals surface area contributed by atoms with E-state index in [4.69, 9.17) is 9.15 Å². The molecule has 2 fully saturated rings. The molecule has 0 bridgehead atoms. The molecule has 2 aromatic rings. The van der Waals surface area contributed by atoms with Crippen molar-refractivity contribution in [2.24, 2.45) is 5.92 Å². The fourth-order valence-corrected chi connectivity index (χ4v) is 4.23. The quantitative estimate of drug-likeness (QED) is 0.842. The first-order valence-electron chi connectivity index (χ1n) is 9.16. The van der Waals surface area contributed by atoms with Gasteiger partial charge in [-0.1, -0.05) is 25.1 Å². The molecule has 1 amide bonds. The average molecular weight is 342 g/mol. The lowest BCUT2D eigenvalue weighted by molar-refractivity contribution is 0.0119. The molecule has 1 aromatic heterocycles. The van der Waals surface area contributed by atoms with Gasteiger partial charge >= 0.3 is 0 Å². The van der Waals surface area contributed by atoms with Crippen molar-refractivity contribution in [1.29, 1.82) is 0 Å². The first-order chi connectivity index (χ1) is 12.1. The largest absolute Gasteiger partial charge is 0.450 e. The molecule has 0 saturated carbocycles. The average Bonchev–Trinajstić information content (AvgIpc) is 3.17. The summed E-state index contributed by atoms with van der Waals surface area (Å²) in [5.41, 5.74) is 2.85. The number of morpholine rings is 1. The highest BCUT2D eigenvalue weighted by molar-refractivity contribution is 5.99. The Hall–Kier alpha value is -1.85. The molecule has 25 heavy (non-hydrogen) atoms. The minimum Gasteiger partial charge on any atom is -0.450 e. The normalized spacial score (nSPS) is 25.0. The summed E-state index contributed by atoms with van der Waals surface area (Å²) < 4.78 is 11.5. The molecule has 2 saturated heterocycles. The Labute approximate surface area is 148 Å². The van der Waals surface area contributed by atoms with Crippen molar-refractivity contribution in [1.82, 2.24) is 9.80 Å². The fourth-order valence-electron chi connectivity index (χ4n) is 4.23. The van der Waals surface area contributed by atoms with Gasteiger partial charge in [0, 0.05) is 43.2 Å². The molecule has 4 rings (SSSR count). The number of para-hydroxylation sites is 1. The zero-order valence-corrected chi connectivity index (χ0v) is 15.2. The maximum absolute atomic E-state index is 13.1. The zero-order chi connectivity index (χ0) is 17.6. The molecule has 0 spiro atoms. The van der Waals surface area contributed by atoms with E-state index in [2.05, 4.69) is 11.8 Å². The van der Waals surface area contributed by atoms with Crippen molar-refractivity contribution >= 4 is 16.9 Å². The lowest BCUT2D eigenvalue weighted by atomic mass is 10.0. The zero-order valence-electron chi connectivity index (χ0n) is 15.2. The predicted molar refractivity (Wildman–Crippen MR) is 96.9 cm³/mol. The standard InChI is InChI=1S/C20H26N2O3/c1-13-5-4-6-16-15(3)19(25-18(13)16)20(23)22-11-14(2)17(12-22)21-7-9-24-10-8-21/h4-6,14,17H,7-12H2,1-3H3/t14-,17-/m0/s1. The van der Waals surface area contributed by atoms with Gasteiger partial charge in [0.25, 0.3) is 5.91 Å². The summed E-state index contributed by atoms with van der Waals surface area (Å²) in [7, 11) is 0. The van der Waals surface area contributed by atoms with Gasteiger partial charge < -0.3 is 14.1 Å². The number of furan rings is 1. The maximum Gasteiger partial charge on any atom is 0.289 e. The van der Waals surface area contributed by atoms with Crippen LogP contribution in [0, 0.1) is 19.8 Å². The molecule has 0 aliphatic carbocycles. The highest BCUT2D eigenvalue weighted by Gasteiger charge is 2.38. The van der Waals surface area contributed by atoms with Gasteiger partial charge in [-0.25, -0.2) is 0 Å². The lowest BCUT2D eigenvalue weighted by Gasteiger charge is -2.33. The summed E-state index contributed by atoms with van der Waals surface area (Å²) in [6, 6.07) is 6.48. The summed E-state index contributed by atoms with van der Waals surface area (Å²) in [6.07, 6.45) is 0. The van der Waals surface area contributed by atoms with Crippen molar-refractivity contribution in [2.75, 3.05) is 39.4 Å². The smallest absolute Gasteiger partial charge is 0.289 e. The van der Waals surface area contributed by atoms with E-state index in [0.29, 0.717) is 17.7 Å². The predicted octanol–water partition coefficient (Wildman–Crippen LogP) is 2.84. The van der Waals surface area contributed by atoms with Crippen molar-refractivity contribution in [3.63, 3.8) is 0 Å².